The van der Waals surface area contributed by atoms with Crippen LogP contribution in [0.5, 0.6) is 11.5 Å². The molecule has 1 aliphatic rings. The molecular formula is C17H16BrFO2. The number of ether oxygens (including phenoxy) is 2. The number of para-hydroxylation sites is 1. The lowest BCUT2D eigenvalue weighted by molar-refractivity contribution is 0.131. The predicted octanol–water partition coefficient (Wildman–Crippen LogP) is 4.88. The zero-order valence-electron chi connectivity index (χ0n) is 12.0. The highest BCUT2D eigenvalue weighted by Crippen LogP contribution is 2.42. The number of benzene rings is 2. The van der Waals surface area contributed by atoms with Gasteiger partial charge in [0, 0.05) is 17.5 Å². The largest absolute Gasteiger partial charge is 0.485 e. The molecule has 0 N–H and O–H groups in total. The van der Waals surface area contributed by atoms with Crippen LogP contribution >= 0.6 is 15.9 Å². The van der Waals surface area contributed by atoms with E-state index < -0.39 is 0 Å². The lowest BCUT2D eigenvalue weighted by Gasteiger charge is -2.18. The van der Waals surface area contributed by atoms with E-state index in [4.69, 9.17) is 9.47 Å². The first kappa shape index (κ1) is 14.4. The highest BCUT2D eigenvalue weighted by molar-refractivity contribution is 9.10. The minimum atomic E-state index is -0.285. The molecule has 0 aromatic heterocycles. The highest BCUT2D eigenvalue weighted by atomic mass is 79.9. The van der Waals surface area contributed by atoms with E-state index in [0.29, 0.717) is 16.8 Å². The topological polar surface area (TPSA) is 18.5 Å². The van der Waals surface area contributed by atoms with Gasteiger partial charge in [-0.25, -0.2) is 4.39 Å². The quantitative estimate of drug-likeness (QED) is 0.785. The summed E-state index contributed by atoms with van der Waals surface area (Å²) in [7, 11) is 0. The summed E-state index contributed by atoms with van der Waals surface area (Å²) in [4.78, 5) is 0. The summed E-state index contributed by atoms with van der Waals surface area (Å²) in [5, 5.41) is 0. The second-order valence-corrected chi connectivity index (χ2v) is 6.58. The molecule has 21 heavy (non-hydrogen) atoms. The SMILES string of the molecule is CC1(C)Cc2cccc(OCc3cccc(F)c3Br)c2O1. The Bertz CT molecular complexity index is 682. The molecule has 0 saturated carbocycles. The Morgan fingerprint density at radius 1 is 1.24 bits per heavy atom. The van der Waals surface area contributed by atoms with Crippen LogP contribution in [0.15, 0.2) is 40.9 Å². The molecule has 0 saturated heterocycles. The maximum atomic E-state index is 13.5. The van der Waals surface area contributed by atoms with Crippen LogP contribution in [-0.4, -0.2) is 5.60 Å². The summed E-state index contributed by atoms with van der Waals surface area (Å²) in [5.41, 5.74) is 1.71. The monoisotopic (exact) mass is 350 g/mol. The number of hydrogen-bond acceptors (Lipinski definition) is 2. The number of fused-ring (bicyclic) bond motifs is 1. The molecule has 0 bridgehead atoms. The molecule has 4 heteroatoms. The molecule has 0 amide bonds. The number of halogens is 2. The van der Waals surface area contributed by atoms with Gasteiger partial charge in [-0.2, -0.15) is 0 Å². The van der Waals surface area contributed by atoms with Gasteiger partial charge in [0.15, 0.2) is 11.5 Å². The Morgan fingerprint density at radius 2 is 2.00 bits per heavy atom. The second-order valence-electron chi connectivity index (χ2n) is 5.78. The fourth-order valence-electron chi connectivity index (χ4n) is 2.52. The first-order chi connectivity index (χ1) is 9.96. The third-order valence-electron chi connectivity index (χ3n) is 3.47. The smallest absolute Gasteiger partial charge is 0.165 e. The summed E-state index contributed by atoms with van der Waals surface area (Å²) in [6.07, 6.45) is 0.864. The fraction of sp³-hybridized carbons (Fsp3) is 0.294. The second kappa shape index (κ2) is 5.34. The molecule has 1 aliphatic heterocycles. The van der Waals surface area contributed by atoms with E-state index in [0.717, 1.165) is 23.3 Å². The summed E-state index contributed by atoms with van der Waals surface area (Å²) < 4.78 is 25.7. The van der Waals surface area contributed by atoms with Crippen LogP contribution < -0.4 is 9.47 Å². The minimum absolute atomic E-state index is 0.207. The van der Waals surface area contributed by atoms with Gasteiger partial charge < -0.3 is 9.47 Å². The molecule has 2 aromatic rings. The van der Waals surface area contributed by atoms with Gasteiger partial charge in [-0.15, -0.1) is 0 Å². The van der Waals surface area contributed by atoms with Crippen molar-refractivity contribution in [2.75, 3.05) is 0 Å². The number of hydrogen-bond donors (Lipinski definition) is 0. The average molecular weight is 351 g/mol. The van der Waals surface area contributed by atoms with Crippen molar-refractivity contribution in [1.29, 1.82) is 0 Å². The molecule has 110 valence electrons. The van der Waals surface area contributed by atoms with E-state index in [-0.39, 0.29) is 11.4 Å². The van der Waals surface area contributed by atoms with Crippen LogP contribution in [0, 0.1) is 5.82 Å². The zero-order valence-corrected chi connectivity index (χ0v) is 13.5. The van der Waals surface area contributed by atoms with E-state index in [9.17, 15) is 4.39 Å². The van der Waals surface area contributed by atoms with Gasteiger partial charge in [0.1, 0.15) is 18.0 Å². The van der Waals surface area contributed by atoms with E-state index in [2.05, 4.69) is 35.8 Å². The summed E-state index contributed by atoms with van der Waals surface area (Å²) in [5.74, 6) is 1.22. The molecule has 1 heterocycles. The maximum Gasteiger partial charge on any atom is 0.165 e. The molecule has 0 aliphatic carbocycles. The van der Waals surface area contributed by atoms with Crippen molar-refractivity contribution >= 4 is 15.9 Å². The molecule has 0 fully saturated rings. The van der Waals surface area contributed by atoms with Crippen molar-refractivity contribution in [3.05, 3.63) is 57.8 Å². The zero-order chi connectivity index (χ0) is 15.0. The molecule has 2 nitrogen and oxygen atoms in total. The standard InChI is InChI=1S/C17H16BrFO2/c1-17(2)9-11-5-4-8-14(16(11)21-17)20-10-12-6-3-7-13(19)15(12)18/h3-8H,9-10H2,1-2H3. The van der Waals surface area contributed by atoms with E-state index in [1.165, 1.54) is 6.07 Å². The van der Waals surface area contributed by atoms with E-state index >= 15 is 0 Å². The van der Waals surface area contributed by atoms with E-state index in [1.54, 1.807) is 6.07 Å². The Labute approximate surface area is 132 Å². The highest BCUT2D eigenvalue weighted by Gasteiger charge is 2.32. The van der Waals surface area contributed by atoms with Crippen LogP contribution in [0.25, 0.3) is 0 Å². The van der Waals surface area contributed by atoms with Gasteiger partial charge >= 0.3 is 0 Å². The van der Waals surface area contributed by atoms with Crippen LogP contribution in [0.2, 0.25) is 0 Å². The average Bonchev–Trinajstić information content (AvgIpc) is 2.75. The molecule has 0 unspecified atom stereocenters. The minimum Gasteiger partial charge on any atom is -0.485 e. The predicted molar refractivity (Wildman–Crippen MR) is 83.3 cm³/mol. The van der Waals surface area contributed by atoms with E-state index in [1.807, 2.05) is 18.2 Å². The lowest BCUT2D eigenvalue weighted by Crippen LogP contribution is -2.24. The Hall–Kier alpha value is -1.55. The van der Waals surface area contributed by atoms with Crippen molar-refractivity contribution in [2.45, 2.75) is 32.5 Å². The van der Waals surface area contributed by atoms with Gasteiger partial charge in [-0.1, -0.05) is 24.3 Å². The van der Waals surface area contributed by atoms with Crippen molar-refractivity contribution in [2.24, 2.45) is 0 Å². The van der Waals surface area contributed by atoms with Gasteiger partial charge in [0.25, 0.3) is 0 Å². The summed E-state index contributed by atoms with van der Waals surface area (Å²) >= 11 is 3.25. The maximum absolute atomic E-state index is 13.5. The van der Waals surface area contributed by atoms with Gasteiger partial charge in [0.2, 0.25) is 0 Å². The third kappa shape index (κ3) is 2.91. The molecular weight excluding hydrogens is 335 g/mol. The third-order valence-corrected chi connectivity index (χ3v) is 4.36. The molecule has 2 aromatic carbocycles. The van der Waals surface area contributed by atoms with Crippen LogP contribution in [0.4, 0.5) is 4.39 Å². The first-order valence-electron chi connectivity index (χ1n) is 6.83. The number of rotatable bonds is 3. The van der Waals surface area contributed by atoms with Gasteiger partial charge in [-0.05, 0) is 41.9 Å². The fourth-order valence-corrected chi connectivity index (χ4v) is 2.90. The van der Waals surface area contributed by atoms with Gasteiger partial charge in [-0.3, -0.25) is 0 Å². The van der Waals surface area contributed by atoms with Crippen LogP contribution in [-0.2, 0) is 13.0 Å². The van der Waals surface area contributed by atoms with Crippen LogP contribution in [0.3, 0.4) is 0 Å². The van der Waals surface area contributed by atoms with Crippen molar-refractivity contribution in [3.8, 4) is 11.5 Å². The summed E-state index contributed by atoms with van der Waals surface area (Å²) in [6.45, 7) is 4.40. The normalized spacial score (nSPS) is 15.4. The molecule has 3 rings (SSSR count). The molecule has 0 spiro atoms. The Morgan fingerprint density at radius 3 is 2.81 bits per heavy atom. The summed E-state index contributed by atoms with van der Waals surface area (Å²) in [6, 6.07) is 10.8. The molecule has 0 radical (unpaired) electrons. The lowest BCUT2D eigenvalue weighted by atomic mass is 10.0. The molecule has 0 atom stereocenters. The Balaban J connectivity index is 1.82. The van der Waals surface area contributed by atoms with Crippen LogP contribution in [0.1, 0.15) is 25.0 Å². The van der Waals surface area contributed by atoms with Crippen molar-refractivity contribution in [1.82, 2.24) is 0 Å². The Kier molecular flexibility index (Phi) is 3.66. The van der Waals surface area contributed by atoms with Crippen molar-refractivity contribution < 1.29 is 13.9 Å². The first-order valence-corrected chi connectivity index (χ1v) is 7.62. The van der Waals surface area contributed by atoms with Crippen molar-refractivity contribution in [3.63, 3.8) is 0 Å². The van der Waals surface area contributed by atoms with Gasteiger partial charge in [0.05, 0.1) is 4.47 Å².